The normalized spacial score (nSPS) is 10.9. The van der Waals surface area contributed by atoms with Crippen LogP contribution in [0.2, 0.25) is 0 Å². The molecular formula is C8H14N2O. The van der Waals surface area contributed by atoms with Gasteiger partial charge in [0.15, 0.2) is 6.39 Å². The first kappa shape index (κ1) is 8.27. The Kier molecular flexibility index (Phi) is 2.65. The highest BCUT2D eigenvalue weighted by atomic mass is 16.3. The largest absolute Gasteiger partial charge is 0.448 e. The number of oxazole rings is 1. The smallest absolute Gasteiger partial charge is 0.181 e. The summed E-state index contributed by atoms with van der Waals surface area (Å²) in [4.78, 5) is 4.00. The molecule has 0 aliphatic rings. The minimum absolute atomic E-state index is 0.471. The van der Waals surface area contributed by atoms with Crippen LogP contribution in [0, 0.1) is 5.92 Å². The molecule has 2 N–H and O–H groups in total. The van der Waals surface area contributed by atoms with E-state index < -0.39 is 0 Å². The van der Waals surface area contributed by atoms with E-state index in [0.717, 1.165) is 17.9 Å². The van der Waals surface area contributed by atoms with Crippen molar-refractivity contribution in [2.45, 2.75) is 26.8 Å². The van der Waals surface area contributed by atoms with Crippen molar-refractivity contribution >= 4 is 0 Å². The molecule has 0 atom stereocenters. The lowest BCUT2D eigenvalue weighted by Crippen LogP contribution is -2.02. The number of nitrogens with two attached hydrogens (primary N) is 1. The van der Waals surface area contributed by atoms with Crippen LogP contribution in [0.4, 0.5) is 0 Å². The summed E-state index contributed by atoms with van der Waals surface area (Å²) in [5.41, 5.74) is 6.34. The topological polar surface area (TPSA) is 52.0 Å². The fourth-order valence-electron chi connectivity index (χ4n) is 0.997. The summed E-state index contributed by atoms with van der Waals surface area (Å²) in [6.07, 6.45) is 2.38. The lowest BCUT2D eigenvalue weighted by molar-refractivity contribution is 0.465. The van der Waals surface area contributed by atoms with Crippen molar-refractivity contribution in [2.24, 2.45) is 11.7 Å². The first-order valence-corrected chi connectivity index (χ1v) is 3.85. The summed E-state index contributed by atoms with van der Waals surface area (Å²) in [5, 5.41) is 0. The second-order valence-electron chi connectivity index (χ2n) is 3.02. The molecule has 0 bridgehead atoms. The second-order valence-corrected chi connectivity index (χ2v) is 3.02. The number of aromatic nitrogens is 1. The highest BCUT2D eigenvalue weighted by Gasteiger charge is 2.07. The van der Waals surface area contributed by atoms with Crippen molar-refractivity contribution in [1.29, 1.82) is 0 Å². The van der Waals surface area contributed by atoms with E-state index in [4.69, 9.17) is 10.2 Å². The molecule has 0 radical (unpaired) electrons. The molecule has 0 amide bonds. The molecule has 0 saturated carbocycles. The Morgan fingerprint density at radius 1 is 1.64 bits per heavy atom. The zero-order valence-electron chi connectivity index (χ0n) is 7.00. The van der Waals surface area contributed by atoms with Gasteiger partial charge in [0.25, 0.3) is 0 Å². The molecule has 0 aliphatic heterocycles. The summed E-state index contributed by atoms with van der Waals surface area (Å²) >= 11 is 0. The fraction of sp³-hybridized carbons (Fsp3) is 0.625. The van der Waals surface area contributed by atoms with E-state index >= 15 is 0 Å². The quantitative estimate of drug-likeness (QED) is 0.714. The summed E-state index contributed by atoms with van der Waals surface area (Å²) < 4.78 is 5.18. The van der Waals surface area contributed by atoms with Crippen molar-refractivity contribution in [3.05, 3.63) is 17.8 Å². The molecular weight excluding hydrogens is 140 g/mol. The van der Waals surface area contributed by atoms with Gasteiger partial charge < -0.3 is 10.2 Å². The van der Waals surface area contributed by atoms with Gasteiger partial charge in [-0.05, 0) is 5.92 Å². The maximum absolute atomic E-state index is 5.45. The van der Waals surface area contributed by atoms with Crippen LogP contribution in [0.25, 0.3) is 0 Å². The lowest BCUT2D eigenvalue weighted by atomic mass is 10.1. The van der Waals surface area contributed by atoms with Gasteiger partial charge in [-0.1, -0.05) is 13.8 Å². The summed E-state index contributed by atoms with van der Waals surface area (Å²) in [6.45, 7) is 4.75. The number of hydrogen-bond acceptors (Lipinski definition) is 3. The fourth-order valence-corrected chi connectivity index (χ4v) is 0.997. The van der Waals surface area contributed by atoms with E-state index in [1.54, 1.807) is 0 Å². The molecule has 1 rings (SSSR count). The molecule has 1 aromatic heterocycles. The van der Waals surface area contributed by atoms with E-state index in [9.17, 15) is 0 Å². The molecule has 11 heavy (non-hydrogen) atoms. The van der Waals surface area contributed by atoms with Crippen molar-refractivity contribution in [1.82, 2.24) is 4.98 Å². The van der Waals surface area contributed by atoms with Gasteiger partial charge in [-0.2, -0.15) is 0 Å². The molecule has 0 aromatic carbocycles. The van der Waals surface area contributed by atoms with E-state index in [-0.39, 0.29) is 0 Å². The van der Waals surface area contributed by atoms with E-state index in [2.05, 4.69) is 18.8 Å². The van der Waals surface area contributed by atoms with Crippen LogP contribution in [0.5, 0.6) is 0 Å². The predicted molar refractivity (Wildman–Crippen MR) is 42.9 cm³/mol. The lowest BCUT2D eigenvalue weighted by Gasteiger charge is -2.01. The monoisotopic (exact) mass is 154 g/mol. The molecule has 0 aliphatic carbocycles. The Bertz CT molecular complexity index is 218. The molecule has 0 fully saturated rings. The van der Waals surface area contributed by atoms with Crippen molar-refractivity contribution in [3.63, 3.8) is 0 Å². The molecule has 1 aromatic rings. The third-order valence-electron chi connectivity index (χ3n) is 1.51. The van der Waals surface area contributed by atoms with Gasteiger partial charge >= 0.3 is 0 Å². The van der Waals surface area contributed by atoms with Crippen molar-refractivity contribution in [2.75, 3.05) is 0 Å². The highest BCUT2D eigenvalue weighted by molar-refractivity contribution is 5.06. The van der Waals surface area contributed by atoms with Crippen LogP contribution >= 0.6 is 0 Å². The molecule has 0 unspecified atom stereocenters. The molecule has 1 heterocycles. The zero-order chi connectivity index (χ0) is 8.27. The van der Waals surface area contributed by atoms with Crippen LogP contribution in [0.3, 0.4) is 0 Å². The number of rotatable bonds is 3. The summed E-state index contributed by atoms with van der Waals surface area (Å²) in [5.74, 6) is 1.52. The third kappa shape index (κ3) is 2.05. The molecule has 3 nitrogen and oxygen atoms in total. The van der Waals surface area contributed by atoms with E-state index in [1.807, 2.05) is 0 Å². The first-order valence-electron chi connectivity index (χ1n) is 3.85. The predicted octanol–water partition coefficient (Wildman–Crippen LogP) is 1.33. The summed E-state index contributed by atoms with van der Waals surface area (Å²) in [6, 6.07) is 0. The van der Waals surface area contributed by atoms with Crippen molar-refractivity contribution < 1.29 is 4.42 Å². The Balaban J connectivity index is 2.68. The van der Waals surface area contributed by atoms with Gasteiger partial charge in [0.1, 0.15) is 5.76 Å². The average Bonchev–Trinajstić information content (AvgIpc) is 2.34. The highest BCUT2D eigenvalue weighted by Crippen LogP contribution is 2.11. The first-order chi connectivity index (χ1) is 5.24. The molecule has 0 saturated heterocycles. The van der Waals surface area contributed by atoms with E-state index in [1.165, 1.54) is 6.39 Å². The molecule has 62 valence electrons. The van der Waals surface area contributed by atoms with Crippen LogP contribution in [0.1, 0.15) is 25.3 Å². The number of nitrogens with zero attached hydrogens (tertiary/aromatic N) is 1. The minimum Gasteiger partial charge on any atom is -0.448 e. The molecule has 0 spiro atoms. The summed E-state index contributed by atoms with van der Waals surface area (Å²) in [7, 11) is 0. The SMILES string of the molecule is CC(C)Cc1ocnc1CN. The van der Waals surface area contributed by atoms with Crippen LogP contribution in [-0.4, -0.2) is 4.98 Å². The van der Waals surface area contributed by atoms with Gasteiger partial charge in [0.2, 0.25) is 0 Å². The van der Waals surface area contributed by atoms with Crippen LogP contribution in [0.15, 0.2) is 10.8 Å². The van der Waals surface area contributed by atoms with Crippen LogP contribution in [-0.2, 0) is 13.0 Å². The van der Waals surface area contributed by atoms with Gasteiger partial charge in [0.05, 0.1) is 5.69 Å². The maximum Gasteiger partial charge on any atom is 0.181 e. The van der Waals surface area contributed by atoms with Gasteiger partial charge in [-0.3, -0.25) is 0 Å². The Hall–Kier alpha value is -0.830. The maximum atomic E-state index is 5.45. The molecule has 3 heteroatoms. The Labute approximate surface area is 66.6 Å². The van der Waals surface area contributed by atoms with Gasteiger partial charge in [-0.25, -0.2) is 4.98 Å². The third-order valence-corrected chi connectivity index (χ3v) is 1.51. The number of hydrogen-bond donors (Lipinski definition) is 1. The van der Waals surface area contributed by atoms with Crippen LogP contribution < -0.4 is 5.73 Å². The van der Waals surface area contributed by atoms with Gasteiger partial charge in [-0.15, -0.1) is 0 Å². The Morgan fingerprint density at radius 2 is 2.36 bits per heavy atom. The second kappa shape index (κ2) is 3.53. The Morgan fingerprint density at radius 3 is 2.91 bits per heavy atom. The van der Waals surface area contributed by atoms with Crippen molar-refractivity contribution in [3.8, 4) is 0 Å². The standard InChI is InChI=1S/C8H14N2O/c1-6(2)3-8-7(4-9)10-5-11-8/h5-6H,3-4,9H2,1-2H3. The van der Waals surface area contributed by atoms with Gasteiger partial charge in [0, 0.05) is 13.0 Å². The minimum atomic E-state index is 0.471. The van der Waals surface area contributed by atoms with E-state index in [0.29, 0.717) is 12.5 Å². The average molecular weight is 154 g/mol. The zero-order valence-corrected chi connectivity index (χ0v) is 7.00.